The molecule has 1 spiro atoms. The first-order chi connectivity index (χ1) is 11.1. The average molecular weight is 310 g/mol. The number of nitrogens with zero attached hydrogens (tertiary/aromatic N) is 1. The van der Waals surface area contributed by atoms with Crippen molar-refractivity contribution < 1.29 is 9.53 Å². The van der Waals surface area contributed by atoms with E-state index in [0.717, 1.165) is 18.4 Å². The van der Waals surface area contributed by atoms with Gasteiger partial charge in [-0.25, -0.2) is 0 Å². The molecule has 2 aliphatic rings. The number of benzene rings is 1. The van der Waals surface area contributed by atoms with Crippen molar-refractivity contribution >= 4 is 5.91 Å². The van der Waals surface area contributed by atoms with Gasteiger partial charge in [-0.2, -0.15) is 0 Å². The van der Waals surface area contributed by atoms with E-state index in [0.29, 0.717) is 5.69 Å². The maximum atomic E-state index is 12.5. The minimum Gasteiger partial charge on any atom is -0.483 e. The summed E-state index contributed by atoms with van der Waals surface area (Å²) in [6.07, 6.45) is 3.66. The van der Waals surface area contributed by atoms with Crippen LogP contribution in [0.4, 0.5) is 0 Å². The zero-order valence-electron chi connectivity index (χ0n) is 12.9. The fourth-order valence-corrected chi connectivity index (χ4v) is 3.28. The molecule has 0 unspecified atom stereocenters. The summed E-state index contributed by atoms with van der Waals surface area (Å²) in [5, 5.41) is 3.06. The lowest BCUT2D eigenvalue weighted by Crippen LogP contribution is -2.49. The quantitative estimate of drug-likeness (QED) is 0.946. The molecule has 2 heterocycles. The topological polar surface area (TPSA) is 60.3 Å². The molecule has 1 aromatic heterocycles. The van der Waals surface area contributed by atoms with Crippen molar-refractivity contribution in [3.05, 3.63) is 64.1 Å². The number of hydrogen-bond acceptors (Lipinski definition) is 3. The molecule has 1 amide bonds. The van der Waals surface area contributed by atoms with Gasteiger partial charge < -0.3 is 14.6 Å². The van der Waals surface area contributed by atoms with Crippen LogP contribution in [-0.2, 0) is 6.61 Å². The lowest BCUT2D eigenvalue weighted by atomic mass is 10.0. The fourth-order valence-electron chi connectivity index (χ4n) is 3.28. The molecule has 2 aromatic rings. The van der Waals surface area contributed by atoms with Gasteiger partial charge in [-0.1, -0.05) is 30.3 Å². The molecule has 0 saturated heterocycles. The third-order valence-corrected chi connectivity index (χ3v) is 4.89. The van der Waals surface area contributed by atoms with Gasteiger partial charge in [-0.05, 0) is 25.3 Å². The lowest BCUT2D eigenvalue weighted by Gasteiger charge is -2.34. The number of rotatable bonds is 3. The first-order valence-corrected chi connectivity index (χ1v) is 7.85. The standard InChI is InChI=1S/C18H18N2O3/c1-12-18(8-9-18)19-17(22)15-16(14(21)7-10-20(12)15)23-11-13-5-3-2-4-6-13/h2-7,10,12H,8-9,11H2,1H3,(H,19,22)/t12-/m1/s1. The van der Waals surface area contributed by atoms with Crippen LogP contribution < -0.4 is 15.5 Å². The number of nitrogens with one attached hydrogen (secondary N) is 1. The Morgan fingerprint density at radius 2 is 1.96 bits per heavy atom. The zero-order chi connectivity index (χ0) is 16.0. The first-order valence-electron chi connectivity index (χ1n) is 7.85. The molecule has 0 radical (unpaired) electrons. The normalized spacial score (nSPS) is 20.7. The van der Waals surface area contributed by atoms with Crippen LogP contribution in [0.2, 0.25) is 0 Å². The first kappa shape index (κ1) is 14.1. The SMILES string of the molecule is C[C@H]1n2ccc(=O)c(OCc3ccccc3)c2C(=O)NC12CC2. The second-order valence-corrected chi connectivity index (χ2v) is 6.33. The minimum absolute atomic E-state index is 0.120. The molecular formula is C18H18N2O3. The summed E-state index contributed by atoms with van der Waals surface area (Å²) in [6.45, 7) is 2.33. The van der Waals surface area contributed by atoms with E-state index in [2.05, 4.69) is 12.2 Å². The number of amides is 1. The van der Waals surface area contributed by atoms with Gasteiger partial charge in [0.2, 0.25) is 5.43 Å². The van der Waals surface area contributed by atoms with Crippen molar-refractivity contribution in [1.82, 2.24) is 9.88 Å². The van der Waals surface area contributed by atoms with Crippen LogP contribution in [0.5, 0.6) is 5.75 Å². The highest BCUT2D eigenvalue weighted by atomic mass is 16.5. The number of hydrogen-bond donors (Lipinski definition) is 1. The monoisotopic (exact) mass is 310 g/mol. The van der Waals surface area contributed by atoms with E-state index in [1.54, 1.807) is 6.20 Å². The van der Waals surface area contributed by atoms with E-state index >= 15 is 0 Å². The Balaban J connectivity index is 1.72. The Hall–Kier alpha value is -2.56. The van der Waals surface area contributed by atoms with Gasteiger partial charge in [0.15, 0.2) is 11.4 Å². The molecule has 1 aliphatic carbocycles. The van der Waals surface area contributed by atoms with Crippen LogP contribution in [0.3, 0.4) is 0 Å². The van der Waals surface area contributed by atoms with Gasteiger partial charge in [-0.15, -0.1) is 0 Å². The Morgan fingerprint density at radius 1 is 1.22 bits per heavy atom. The van der Waals surface area contributed by atoms with E-state index in [-0.39, 0.29) is 35.3 Å². The van der Waals surface area contributed by atoms with E-state index in [9.17, 15) is 9.59 Å². The number of carbonyl (C=O) groups excluding carboxylic acids is 1. The van der Waals surface area contributed by atoms with Gasteiger partial charge in [-0.3, -0.25) is 9.59 Å². The molecule has 1 fully saturated rings. The smallest absolute Gasteiger partial charge is 0.272 e. The van der Waals surface area contributed by atoms with E-state index in [4.69, 9.17) is 4.74 Å². The van der Waals surface area contributed by atoms with E-state index in [1.165, 1.54) is 6.07 Å². The van der Waals surface area contributed by atoms with Gasteiger partial charge in [0, 0.05) is 12.3 Å². The van der Waals surface area contributed by atoms with Gasteiger partial charge >= 0.3 is 0 Å². The molecule has 5 heteroatoms. The van der Waals surface area contributed by atoms with Crippen LogP contribution in [0.25, 0.3) is 0 Å². The molecule has 4 rings (SSSR count). The van der Waals surface area contributed by atoms with Crippen LogP contribution in [-0.4, -0.2) is 16.0 Å². The Labute approximate surface area is 133 Å². The van der Waals surface area contributed by atoms with Crippen molar-refractivity contribution in [3.63, 3.8) is 0 Å². The average Bonchev–Trinajstić information content (AvgIpc) is 3.33. The van der Waals surface area contributed by atoms with E-state index in [1.807, 2.05) is 34.9 Å². The maximum Gasteiger partial charge on any atom is 0.272 e. The third kappa shape index (κ3) is 2.23. The highest BCUT2D eigenvalue weighted by molar-refractivity contribution is 5.97. The van der Waals surface area contributed by atoms with Crippen LogP contribution in [0, 0.1) is 0 Å². The van der Waals surface area contributed by atoms with Gasteiger partial charge in [0.25, 0.3) is 5.91 Å². The number of pyridine rings is 1. The molecule has 23 heavy (non-hydrogen) atoms. The van der Waals surface area contributed by atoms with Crippen LogP contribution >= 0.6 is 0 Å². The number of ether oxygens (including phenoxy) is 1. The third-order valence-electron chi connectivity index (χ3n) is 4.89. The van der Waals surface area contributed by atoms with E-state index < -0.39 is 0 Å². The molecular weight excluding hydrogens is 292 g/mol. The van der Waals surface area contributed by atoms with Gasteiger partial charge in [0.05, 0.1) is 11.6 Å². The molecule has 118 valence electrons. The predicted molar refractivity (Wildman–Crippen MR) is 85.6 cm³/mol. The summed E-state index contributed by atoms with van der Waals surface area (Å²) in [5.41, 5.74) is 0.882. The Kier molecular flexibility index (Phi) is 3.04. The van der Waals surface area contributed by atoms with Crippen LogP contribution in [0.15, 0.2) is 47.4 Å². The van der Waals surface area contributed by atoms with Crippen LogP contribution in [0.1, 0.15) is 41.9 Å². The van der Waals surface area contributed by atoms with Crippen molar-refractivity contribution in [3.8, 4) is 5.75 Å². The minimum atomic E-state index is -0.263. The van der Waals surface area contributed by atoms with Crippen molar-refractivity contribution in [2.45, 2.75) is 38.0 Å². The summed E-state index contributed by atoms with van der Waals surface area (Å²) in [5.74, 6) is -0.0856. The maximum absolute atomic E-state index is 12.5. The molecule has 1 saturated carbocycles. The molecule has 1 N–H and O–H groups in total. The highest BCUT2D eigenvalue weighted by Crippen LogP contribution is 2.47. The largest absolute Gasteiger partial charge is 0.483 e. The molecule has 0 bridgehead atoms. The summed E-state index contributed by atoms with van der Waals surface area (Å²) in [4.78, 5) is 24.7. The summed E-state index contributed by atoms with van der Waals surface area (Å²) < 4.78 is 7.62. The highest BCUT2D eigenvalue weighted by Gasteiger charge is 2.53. The Morgan fingerprint density at radius 3 is 2.65 bits per heavy atom. The Bertz CT molecular complexity index is 822. The summed E-state index contributed by atoms with van der Waals surface area (Å²) in [7, 11) is 0. The second kappa shape index (κ2) is 4.98. The van der Waals surface area contributed by atoms with Crippen molar-refractivity contribution in [2.24, 2.45) is 0 Å². The molecule has 1 aliphatic heterocycles. The molecule has 1 aromatic carbocycles. The lowest BCUT2D eigenvalue weighted by molar-refractivity contribution is 0.0860. The van der Waals surface area contributed by atoms with Crippen molar-refractivity contribution in [1.29, 1.82) is 0 Å². The fraction of sp³-hybridized carbons (Fsp3) is 0.333. The zero-order valence-corrected chi connectivity index (χ0v) is 12.9. The second-order valence-electron chi connectivity index (χ2n) is 6.33. The number of aromatic nitrogens is 1. The molecule has 1 atom stereocenters. The van der Waals surface area contributed by atoms with Crippen molar-refractivity contribution in [2.75, 3.05) is 0 Å². The van der Waals surface area contributed by atoms with Gasteiger partial charge in [0.1, 0.15) is 6.61 Å². The number of fused-ring (bicyclic) bond motifs is 1. The molecule has 5 nitrogen and oxygen atoms in total. The number of carbonyl (C=O) groups is 1. The summed E-state index contributed by atoms with van der Waals surface area (Å²) >= 11 is 0. The predicted octanol–water partition coefficient (Wildman–Crippen LogP) is 2.26. The summed E-state index contributed by atoms with van der Waals surface area (Å²) in [6, 6.07) is 11.2.